The van der Waals surface area contributed by atoms with Gasteiger partial charge in [0.05, 0.1) is 12.8 Å². The summed E-state index contributed by atoms with van der Waals surface area (Å²) >= 11 is 12.0. The molecule has 1 saturated heterocycles. The van der Waals surface area contributed by atoms with Crippen molar-refractivity contribution in [3.63, 3.8) is 0 Å². The zero-order valence-corrected chi connectivity index (χ0v) is 23.1. The van der Waals surface area contributed by atoms with E-state index in [1.807, 2.05) is 5.09 Å². The highest BCUT2D eigenvalue weighted by Gasteiger charge is 2.40. The summed E-state index contributed by atoms with van der Waals surface area (Å²) in [6.07, 6.45) is -2.14. The molecule has 19 heteroatoms. The van der Waals surface area contributed by atoms with E-state index in [2.05, 4.69) is 15.2 Å². The van der Waals surface area contributed by atoms with Crippen LogP contribution in [0.3, 0.4) is 0 Å². The van der Waals surface area contributed by atoms with Crippen LogP contribution in [0.2, 0.25) is 10.0 Å². The highest BCUT2D eigenvalue weighted by atomic mass is 35.5. The molecule has 0 aliphatic carbocycles. The molecule has 3 rings (SSSR count). The number of nitrogens with one attached hydrogen (secondary N) is 2. The van der Waals surface area contributed by atoms with Crippen LogP contribution in [0.4, 0.5) is 5.69 Å². The van der Waals surface area contributed by atoms with E-state index in [1.54, 1.807) is 0 Å². The molecule has 0 bridgehead atoms. The molecule has 0 spiro atoms. The zero-order chi connectivity index (χ0) is 28.9. The second-order valence-corrected chi connectivity index (χ2v) is 10.6. The smallest absolute Gasteiger partial charge is 0.399 e. The van der Waals surface area contributed by atoms with Crippen LogP contribution in [-0.4, -0.2) is 45.9 Å². The third-order valence-electron chi connectivity index (χ3n) is 5.51. The molecule has 2 heterocycles. The van der Waals surface area contributed by atoms with Crippen LogP contribution < -0.4 is 21.4 Å². The lowest BCUT2D eigenvalue weighted by Crippen LogP contribution is -2.44. The number of ether oxygens (including phenoxy) is 1. The number of nitrogens with zero attached hydrogens (tertiary/aromatic N) is 5. The van der Waals surface area contributed by atoms with Crippen LogP contribution in [0, 0.1) is 6.92 Å². The molecule has 5 atom stereocenters. The predicted molar refractivity (Wildman–Crippen MR) is 138 cm³/mol. The third-order valence-corrected chi connectivity index (χ3v) is 6.94. The van der Waals surface area contributed by atoms with E-state index in [-0.39, 0.29) is 34.1 Å². The van der Waals surface area contributed by atoms with Crippen LogP contribution >= 0.6 is 30.9 Å². The summed E-state index contributed by atoms with van der Waals surface area (Å²) in [5, 5.41) is 6.39. The van der Waals surface area contributed by atoms with Crippen molar-refractivity contribution in [2.45, 2.75) is 51.4 Å². The van der Waals surface area contributed by atoms with Crippen molar-refractivity contribution >= 4 is 42.5 Å². The van der Waals surface area contributed by atoms with E-state index in [0.717, 1.165) is 9.63 Å². The lowest BCUT2D eigenvalue weighted by atomic mass is 10.2. The molecule has 0 saturated carbocycles. The Morgan fingerprint density at radius 1 is 1.36 bits per heavy atom. The van der Waals surface area contributed by atoms with E-state index < -0.39 is 49.6 Å². The number of hydrogen-bond acceptors (Lipinski definition) is 10. The standard InChI is InChI=1S/C20H24Cl2N7O9P/c1-10-9-28(20(32)24-17(10)30)16-5-4-15(36-16)19(37-27-26-23)38-39(33,34)25-18(31)11(2)29(35-3)14-7-12(21)6-13(22)8-14/h6-9,11,15-16,19H,4-5H2,1-3H3,(H,24,30,32)(H2,25,31,33,34)/t11-,15-,16+,19?/m0/s1. The van der Waals surface area contributed by atoms with Crippen molar-refractivity contribution < 1.29 is 33.2 Å². The maximum absolute atomic E-state index is 12.8. The quantitative estimate of drug-likeness (QED) is 0.0847. The van der Waals surface area contributed by atoms with Crippen LogP contribution in [0.5, 0.6) is 0 Å². The number of hydroxylamine groups is 1. The van der Waals surface area contributed by atoms with Gasteiger partial charge >= 0.3 is 13.4 Å². The van der Waals surface area contributed by atoms with E-state index in [4.69, 9.17) is 47.7 Å². The number of carbonyl (C=O) groups excluding carboxylic acids is 1. The van der Waals surface area contributed by atoms with Gasteiger partial charge in [-0.3, -0.25) is 29.1 Å². The Morgan fingerprint density at radius 2 is 2.03 bits per heavy atom. The summed E-state index contributed by atoms with van der Waals surface area (Å²) in [5.41, 5.74) is 7.90. The average molecular weight is 608 g/mol. The summed E-state index contributed by atoms with van der Waals surface area (Å²) in [4.78, 5) is 61.7. The zero-order valence-electron chi connectivity index (χ0n) is 20.7. The molecular weight excluding hydrogens is 584 g/mol. The van der Waals surface area contributed by atoms with Gasteiger partial charge in [-0.15, -0.1) is 0 Å². The Kier molecular flexibility index (Phi) is 10.0. The van der Waals surface area contributed by atoms with Crippen molar-refractivity contribution in [2.24, 2.45) is 5.28 Å². The molecule has 1 aliphatic rings. The van der Waals surface area contributed by atoms with Crippen molar-refractivity contribution in [3.8, 4) is 0 Å². The van der Waals surface area contributed by atoms with E-state index in [0.29, 0.717) is 0 Å². The summed E-state index contributed by atoms with van der Waals surface area (Å²) in [6, 6.07) is 3.20. The summed E-state index contributed by atoms with van der Waals surface area (Å²) in [5.74, 6) is -0.998. The number of aromatic amines is 1. The molecule has 212 valence electrons. The largest absolute Gasteiger partial charge is 0.435 e. The Balaban J connectivity index is 1.73. The van der Waals surface area contributed by atoms with Gasteiger partial charge in [-0.1, -0.05) is 23.2 Å². The number of rotatable bonds is 11. The molecule has 1 aromatic carbocycles. The number of aryl methyl sites for hydroxylation is 1. The Morgan fingerprint density at radius 3 is 2.64 bits per heavy atom. The second kappa shape index (κ2) is 12.9. The lowest BCUT2D eigenvalue weighted by molar-refractivity contribution is -0.172. The van der Waals surface area contributed by atoms with E-state index in [1.165, 1.54) is 45.4 Å². The Hall–Kier alpha value is -3.07. The molecule has 3 N–H and O–H groups in total. The number of anilines is 1. The minimum absolute atomic E-state index is 0.123. The van der Waals surface area contributed by atoms with Gasteiger partial charge in [-0.25, -0.2) is 18.9 Å². The normalized spacial score (nSPS) is 19.8. The molecule has 2 aromatic rings. The van der Waals surface area contributed by atoms with Crippen LogP contribution in [-0.2, 0) is 28.3 Å². The molecule has 39 heavy (non-hydrogen) atoms. The highest BCUT2D eigenvalue weighted by molar-refractivity contribution is 7.51. The van der Waals surface area contributed by atoms with Crippen LogP contribution in [0.15, 0.2) is 39.3 Å². The van der Waals surface area contributed by atoms with Gasteiger partial charge in [0.2, 0.25) is 6.29 Å². The van der Waals surface area contributed by atoms with Crippen molar-refractivity contribution in [3.05, 3.63) is 71.3 Å². The maximum atomic E-state index is 12.8. The topological polar surface area (TPSA) is 210 Å². The summed E-state index contributed by atoms with van der Waals surface area (Å²) in [6.45, 7) is 2.87. The Labute approximate surface area is 230 Å². The first-order valence-corrected chi connectivity index (χ1v) is 13.5. The first-order valence-electron chi connectivity index (χ1n) is 11.2. The van der Waals surface area contributed by atoms with Gasteiger partial charge in [0.1, 0.15) is 23.7 Å². The molecular formula is C20H24Cl2N7O9P. The fraction of sp³-hybridized carbons (Fsp3) is 0.450. The molecule has 1 aromatic heterocycles. The van der Waals surface area contributed by atoms with Gasteiger partial charge < -0.3 is 14.5 Å². The second-order valence-electron chi connectivity index (χ2n) is 8.24. The number of carbonyl (C=O) groups is 1. The summed E-state index contributed by atoms with van der Waals surface area (Å²) < 4.78 is 24.8. The molecule has 1 aliphatic heterocycles. The first-order chi connectivity index (χ1) is 18.3. The fourth-order valence-electron chi connectivity index (χ4n) is 3.73. The van der Waals surface area contributed by atoms with Gasteiger partial charge in [0.25, 0.3) is 11.5 Å². The van der Waals surface area contributed by atoms with E-state index in [9.17, 15) is 23.8 Å². The Bertz CT molecular complexity index is 1410. The predicted octanol–water partition coefficient (Wildman–Crippen LogP) is 3.09. The third kappa shape index (κ3) is 7.75. The molecule has 1 amide bonds. The first kappa shape index (κ1) is 30.5. The maximum Gasteiger partial charge on any atom is 0.435 e. The number of aromatic nitrogens is 2. The van der Waals surface area contributed by atoms with Crippen LogP contribution in [0.1, 0.15) is 31.6 Å². The number of halogens is 2. The number of amides is 1. The van der Waals surface area contributed by atoms with Gasteiger partial charge in [-0.05, 0) is 50.4 Å². The number of benzene rings is 1. The minimum atomic E-state index is -4.97. The molecule has 2 unspecified atom stereocenters. The number of hydrogen-bond donors (Lipinski definition) is 3. The van der Waals surface area contributed by atoms with Crippen molar-refractivity contribution in [1.29, 1.82) is 0 Å². The molecule has 1 fully saturated rings. The van der Waals surface area contributed by atoms with E-state index >= 15 is 0 Å². The van der Waals surface area contributed by atoms with Crippen LogP contribution in [0.25, 0.3) is 10.4 Å². The van der Waals surface area contributed by atoms with Gasteiger partial charge in [0, 0.05) is 26.7 Å². The van der Waals surface area contributed by atoms with Gasteiger partial charge in [-0.2, -0.15) is 0 Å². The lowest BCUT2D eigenvalue weighted by Gasteiger charge is -2.29. The monoisotopic (exact) mass is 607 g/mol. The van der Waals surface area contributed by atoms with Crippen molar-refractivity contribution in [1.82, 2.24) is 14.6 Å². The average Bonchev–Trinajstić information content (AvgIpc) is 3.33. The number of H-pyrrole nitrogens is 1. The van der Waals surface area contributed by atoms with Crippen molar-refractivity contribution in [2.75, 3.05) is 12.2 Å². The fourth-order valence-corrected chi connectivity index (χ4v) is 5.22. The molecule has 0 radical (unpaired) electrons. The minimum Gasteiger partial charge on any atom is -0.399 e. The molecule has 16 nitrogen and oxygen atoms in total. The highest BCUT2D eigenvalue weighted by Crippen LogP contribution is 2.42. The number of azide groups is 1. The summed E-state index contributed by atoms with van der Waals surface area (Å²) in [7, 11) is -3.70. The van der Waals surface area contributed by atoms with Gasteiger partial charge in [0.15, 0.2) is 0 Å². The SMILES string of the molecule is CON(c1cc(Cl)cc(Cl)c1)[C@@H](C)C(=O)NP(=O)(O)OC(ON=[N+]=[N-])[C@@H]1CC[C@H](n2cc(C)c(=O)[nH]c2=O)O1.